The van der Waals surface area contributed by atoms with Crippen LogP contribution < -0.4 is 11.1 Å². The predicted molar refractivity (Wildman–Crippen MR) is 84.2 cm³/mol. The Morgan fingerprint density at radius 1 is 1.57 bits per heavy atom. The van der Waals surface area contributed by atoms with Crippen molar-refractivity contribution in [1.82, 2.24) is 14.9 Å². The van der Waals surface area contributed by atoms with Gasteiger partial charge in [-0.2, -0.15) is 0 Å². The van der Waals surface area contributed by atoms with E-state index >= 15 is 0 Å². The molecule has 0 spiro atoms. The Morgan fingerprint density at radius 2 is 2.43 bits per heavy atom. The third kappa shape index (κ3) is 2.84. The van der Waals surface area contributed by atoms with Gasteiger partial charge in [-0.1, -0.05) is 0 Å². The molecule has 1 atom stereocenters. The molecule has 0 radical (unpaired) electrons. The summed E-state index contributed by atoms with van der Waals surface area (Å²) in [4.78, 5) is 23.7. The molecule has 6 nitrogen and oxygen atoms in total. The van der Waals surface area contributed by atoms with Crippen molar-refractivity contribution in [3.8, 4) is 0 Å². The van der Waals surface area contributed by atoms with Gasteiger partial charge in [-0.15, -0.1) is 11.3 Å². The van der Waals surface area contributed by atoms with E-state index in [2.05, 4.69) is 20.2 Å². The molecule has 1 saturated heterocycles. The Kier molecular flexibility index (Phi) is 4.03. The first kappa shape index (κ1) is 14.2. The molecule has 0 saturated carbocycles. The minimum absolute atomic E-state index is 0.185. The highest BCUT2D eigenvalue weighted by molar-refractivity contribution is 7.16. The molecule has 1 unspecified atom stereocenters. The zero-order chi connectivity index (χ0) is 14.8. The minimum atomic E-state index is -0.253. The normalized spacial score (nSPS) is 19.2. The maximum absolute atomic E-state index is 11.5. The van der Waals surface area contributed by atoms with Gasteiger partial charge < -0.3 is 11.1 Å². The van der Waals surface area contributed by atoms with Crippen molar-refractivity contribution < 1.29 is 4.79 Å². The summed E-state index contributed by atoms with van der Waals surface area (Å²) in [7, 11) is 0. The van der Waals surface area contributed by atoms with Crippen LogP contribution in [0.15, 0.2) is 11.4 Å². The Labute approximate surface area is 127 Å². The van der Waals surface area contributed by atoms with Crippen LogP contribution in [0.2, 0.25) is 0 Å². The van der Waals surface area contributed by atoms with Gasteiger partial charge in [0.05, 0.1) is 18.0 Å². The molecule has 3 N–H and O–H groups in total. The molecule has 1 aliphatic rings. The van der Waals surface area contributed by atoms with Gasteiger partial charge in [0.25, 0.3) is 0 Å². The quantitative estimate of drug-likeness (QED) is 0.876. The van der Waals surface area contributed by atoms with Crippen LogP contribution in [0.3, 0.4) is 0 Å². The third-order valence-electron chi connectivity index (χ3n) is 3.75. The number of carbonyl (C=O) groups excluding carboxylic acids is 1. The number of nitrogens with two attached hydrogens (primary N) is 1. The van der Waals surface area contributed by atoms with Crippen molar-refractivity contribution in [2.24, 2.45) is 5.73 Å². The molecule has 3 heterocycles. The van der Waals surface area contributed by atoms with E-state index in [1.807, 2.05) is 18.4 Å². The summed E-state index contributed by atoms with van der Waals surface area (Å²) in [6.07, 6.45) is 1.82. The van der Waals surface area contributed by atoms with Gasteiger partial charge in [0.15, 0.2) is 0 Å². The number of hydrogen-bond donors (Lipinski definition) is 2. The Morgan fingerprint density at radius 3 is 3.19 bits per heavy atom. The molecule has 2 aromatic rings. The average Bonchev–Trinajstić information content (AvgIpc) is 3.07. The maximum Gasteiger partial charge on any atom is 0.234 e. The van der Waals surface area contributed by atoms with E-state index in [0.717, 1.165) is 47.8 Å². The van der Waals surface area contributed by atoms with Crippen LogP contribution in [-0.2, 0) is 11.3 Å². The third-order valence-corrected chi connectivity index (χ3v) is 4.56. The number of nitrogens with zero attached hydrogens (tertiary/aromatic N) is 3. The smallest absolute Gasteiger partial charge is 0.234 e. The molecule has 3 rings (SSSR count). The minimum Gasteiger partial charge on any atom is -0.370 e. The van der Waals surface area contributed by atoms with Crippen molar-refractivity contribution in [2.45, 2.75) is 32.4 Å². The molecule has 1 amide bonds. The first-order valence-corrected chi connectivity index (χ1v) is 8.08. The fourth-order valence-electron chi connectivity index (χ4n) is 2.79. The lowest BCUT2D eigenvalue weighted by atomic mass is 10.2. The first-order valence-electron chi connectivity index (χ1n) is 7.20. The van der Waals surface area contributed by atoms with Gasteiger partial charge in [-0.3, -0.25) is 9.69 Å². The van der Waals surface area contributed by atoms with E-state index in [9.17, 15) is 4.79 Å². The number of nitrogens with one attached hydrogen (secondary N) is 1. The van der Waals surface area contributed by atoms with E-state index in [1.54, 1.807) is 11.3 Å². The molecule has 1 aliphatic heterocycles. The fourth-order valence-corrected chi connectivity index (χ4v) is 3.57. The number of hydrogen-bond acceptors (Lipinski definition) is 6. The molecule has 0 aromatic carbocycles. The number of rotatable bonds is 5. The van der Waals surface area contributed by atoms with E-state index in [1.165, 1.54) is 0 Å². The SMILES string of the molecule is CCNc1nc(CN2CCCC2C(N)=O)nc2sccc12. The van der Waals surface area contributed by atoms with Crippen LogP contribution in [-0.4, -0.2) is 39.9 Å². The van der Waals surface area contributed by atoms with E-state index in [0.29, 0.717) is 6.54 Å². The van der Waals surface area contributed by atoms with E-state index < -0.39 is 0 Å². The standard InChI is InChI=1S/C14H19N5OS/c1-2-16-13-9-5-7-21-14(9)18-11(17-13)8-19-6-3-4-10(19)12(15)20/h5,7,10H,2-4,6,8H2,1H3,(H2,15,20)(H,16,17,18). The highest BCUT2D eigenvalue weighted by Crippen LogP contribution is 2.26. The zero-order valence-corrected chi connectivity index (χ0v) is 12.8. The van der Waals surface area contributed by atoms with E-state index in [4.69, 9.17) is 5.73 Å². The van der Waals surface area contributed by atoms with Crippen molar-refractivity contribution >= 4 is 33.3 Å². The summed E-state index contributed by atoms with van der Waals surface area (Å²) in [5.41, 5.74) is 5.46. The molecule has 0 aliphatic carbocycles. The number of aromatic nitrogens is 2. The lowest BCUT2D eigenvalue weighted by Gasteiger charge is -2.21. The molecule has 112 valence electrons. The van der Waals surface area contributed by atoms with Crippen molar-refractivity contribution in [3.05, 3.63) is 17.3 Å². The van der Waals surface area contributed by atoms with Gasteiger partial charge in [-0.25, -0.2) is 9.97 Å². The van der Waals surface area contributed by atoms with Gasteiger partial charge in [-0.05, 0) is 37.8 Å². The van der Waals surface area contributed by atoms with Crippen molar-refractivity contribution in [2.75, 3.05) is 18.4 Å². The van der Waals surface area contributed by atoms with Crippen LogP contribution in [0, 0.1) is 0 Å². The highest BCUT2D eigenvalue weighted by Gasteiger charge is 2.29. The van der Waals surface area contributed by atoms with Crippen molar-refractivity contribution in [1.29, 1.82) is 0 Å². The van der Waals surface area contributed by atoms with Crippen molar-refractivity contribution in [3.63, 3.8) is 0 Å². The number of thiophene rings is 1. The topological polar surface area (TPSA) is 84.1 Å². The van der Waals surface area contributed by atoms with Gasteiger partial charge in [0.1, 0.15) is 16.5 Å². The molecule has 2 aromatic heterocycles. The van der Waals surface area contributed by atoms with E-state index in [-0.39, 0.29) is 11.9 Å². The number of primary amides is 1. The predicted octanol–water partition coefficient (Wildman–Crippen LogP) is 1.57. The summed E-state index contributed by atoms with van der Waals surface area (Å²) in [5.74, 6) is 1.36. The average molecular weight is 305 g/mol. The number of likely N-dealkylation sites (tertiary alicyclic amines) is 1. The van der Waals surface area contributed by atoms with Gasteiger partial charge in [0, 0.05) is 6.54 Å². The van der Waals surface area contributed by atoms with Crippen LogP contribution in [0.25, 0.3) is 10.2 Å². The van der Waals surface area contributed by atoms with Crippen LogP contribution in [0.1, 0.15) is 25.6 Å². The van der Waals surface area contributed by atoms with Crippen LogP contribution in [0.4, 0.5) is 5.82 Å². The first-order chi connectivity index (χ1) is 10.2. The number of amides is 1. The monoisotopic (exact) mass is 305 g/mol. The fraction of sp³-hybridized carbons (Fsp3) is 0.500. The maximum atomic E-state index is 11.5. The lowest BCUT2D eigenvalue weighted by Crippen LogP contribution is -2.40. The molecular formula is C14H19N5OS. The summed E-state index contributed by atoms with van der Waals surface area (Å²) >= 11 is 1.61. The second-order valence-corrected chi connectivity index (χ2v) is 6.08. The molecule has 7 heteroatoms. The van der Waals surface area contributed by atoms with Crippen LogP contribution in [0.5, 0.6) is 0 Å². The largest absolute Gasteiger partial charge is 0.370 e. The Hall–Kier alpha value is -1.73. The molecule has 0 bridgehead atoms. The lowest BCUT2D eigenvalue weighted by molar-refractivity contribution is -0.122. The Balaban J connectivity index is 1.88. The molecule has 1 fully saturated rings. The summed E-state index contributed by atoms with van der Waals surface area (Å²) in [6, 6.07) is 1.85. The second-order valence-electron chi connectivity index (χ2n) is 5.19. The Bertz CT molecular complexity index is 656. The van der Waals surface area contributed by atoms with Gasteiger partial charge >= 0.3 is 0 Å². The molecule has 21 heavy (non-hydrogen) atoms. The summed E-state index contributed by atoms with van der Waals surface area (Å²) in [5, 5.41) is 6.36. The zero-order valence-electron chi connectivity index (χ0n) is 12.0. The number of carbonyl (C=O) groups is 1. The highest BCUT2D eigenvalue weighted by atomic mass is 32.1. The van der Waals surface area contributed by atoms with Crippen LogP contribution >= 0.6 is 11.3 Å². The van der Waals surface area contributed by atoms with Gasteiger partial charge in [0.2, 0.25) is 5.91 Å². The molecular weight excluding hydrogens is 286 g/mol. The summed E-state index contributed by atoms with van der Waals surface area (Å²) < 4.78 is 0. The summed E-state index contributed by atoms with van der Waals surface area (Å²) in [6.45, 7) is 4.30. The number of anilines is 1. The number of fused-ring (bicyclic) bond motifs is 1. The second kappa shape index (κ2) is 5.95.